The number of aryl methyl sites for hydroxylation is 2. The number of ether oxygens (including phenoxy) is 1. The fraction of sp³-hybridized carbons (Fsp3) is 0.355. The van der Waals surface area contributed by atoms with Crippen LogP contribution in [0.15, 0.2) is 66.7 Å². The van der Waals surface area contributed by atoms with Crippen molar-refractivity contribution in [2.45, 2.75) is 66.1 Å². The maximum Gasteiger partial charge on any atom is 0.261 e. The van der Waals surface area contributed by atoms with Crippen LogP contribution in [-0.2, 0) is 22.6 Å². The van der Waals surface area contributed by atoms with Crippen LogP contribution >= 0.6 is 11.6 Å². The molecule has 0 unspecified atom stereocenters. The first-order valence-corrected chi connectivity index (χ1v) is 12.9. The maximum absolute atomic E-state index is 13.8. The molecule has 37 heavy (non-hydrogen) atoms. The first-order valence-electron chi connectivity index (χ1n) is 12.5. The van der Waals surface area contributed by atoms with E-state index in [0.717, 1.165) is 27.8 Å². The SMILES string of the molecule is Cc1cc(C)c(C)c(OCC(=O)N(Cc2ccccc2Cl)[C@@H](Cc2ccccc2)C(=O)NC(C)(C)C)c1. The van der Waals surface area contributed by atoms with Gasteiger partial charge in [0, 0.05) is 23.5 Å². The van der Waals surface area contributed by atoms with E-state index in [2.05, 4.69) is 11.4 Å². The van der Waals surface area contributed by atoms with Gasteiger partial charge >= 0.3 is 0 Å². The summed E-state index contributed by atoms with van der Waals surface area (Å²) in [5, 5.41) is 3.61. The van der Waals surface area contributed by atoms with Crippen molar-refractivity contribution in [3.8, 4) is 5.75 Å². The molecule has 0 saturated carbocycles. The summed E-state index contributed by atoms with van der Waals surface area (Å²) >= 11 is 6.48. The van der Waals surface area contributed by atoms with Gasteiger partial charge in [-0.3, -0.25) is 9.59 Å². The topological polar surface area (TPSA) is 58.6 Å². The standard InChI is InChI=1S/C31H37ClN2O3/c1-21-16-22(2)23(3)28(17-21)37-20-29(35)34(19-25-14-10-11-15-26(25)32)27(30(36)33-31(4,5)6)18-24-12-8-7-9-13-24/h7-17,27H,18-20H2,1-6H3,(H,33,36)/t27-/m0/s1. The van der Waals surface area contributed by atoms with E-state index in [1.54, 1.807) is 11.0 Å². The molecular formula is C31H37ClN2O3. The van der Waals surface area contributed by atoms with Crippen molar-refractivity contribution in [1.29, 1.82) is 0 Å². The third-order valence-corrected chi connectivity index (χ3v) is 6.55. The molecular weight excluding hydrogens is 484 g/mol. The number of hydrogen-bond acceptors (Lipinski definition) is 3. The Morgan fingerprint density at radius 1 is 0.973 bits per heavy atom. The highest BCUT2D eigenvalue weighted by atomic mass is 35.5. The molecule has 2 amide bonds. The van der Waals surface area contributed by atoms with Crippen LogP contribution in [0.5, 0.6) is 5.75 Å². The number of nitrogens with zero attached hydrogens (tertiary/aromatic N) is 1. The van der Waals surface area contributed by atoms with Crippen molar-refractivity contribution in [3.63, 3.8) is 0 Å². The van der Waals surface area contributed by atoms with Crippen molar-refractivity contribution < 1.29 is 14.3 Å². The highest BCUT2D eigenvalue weighted by Crippen LogP contribution is 2.25. The Morgan fingerprint density at radius 2 is 1.62 bits per heavy atom. The molecule has 0 aliphatic carbocycles. The molecule has 3 aromatic carbocycles. The van der Waals surface area contributed by atoms with Crippen molar-refractivity contribution in [2.24, 2.45) is 0 Å². The zero-order valence-electron chi connectivity index (χ0n) is 22.6. The fourth-order valence-electron chi connectivity index (χ4n) is 4.19. The van der Waals surface area contributed by atoms with Gasteiger partial charge in [-0.05, 0) is 81.5 Å². The molecule has 0 saturated heterocycles. The first-order chi connectivity index (χ1) is 17.4. The van der Waals surface area contributed by atoms with Crippen LogP contribution in [0.4, 0.5) is 0 Å². The highest BCUT2D eigenvalue weighted by Gasteiger charge is 2.33. The third kappa shape index (κ3) is 8.09. The molecule has 0 aliphatic rings. The molecule has 3 rings (SSSR count). The van der Waals surface area contributed by atoms with Gasteiger partial charge in [-0.15, -0.1) is 0 Å². The van der Waals surface area contributed by atoms with Gasteiger partial charge in [0.05, 0.1) is 0 Å². The van der Waals surface area contributed by atoms with Gasteiger partial charge in [0.25, 0.3) is 5.91 Å². The van der Waals surface area contributed by atoms with Gasteiger partial charge in [-0.1, -0.05) is 66.2 Å². The number of amides is 2. The summed E-state index contributed by atoms with van der Waals surface area (Å²) in [4.78, 5) is 29.0. The monoisotopic (exact) mass is 520 g/mol. The molecule has 0 aliphatic heterocycles. The van der Waals surface area contributed by atoms with E-state index in [0.29, 0.717) is 17.2 Å². The zero-order chi connectivity index (χ0) is 27.2. The lowest BCUT2D eigenvalue weighted by Crippen LogP contribution is -2.55. The van der Waals surface area contributed by atoms with Crippen molar-refractivity contribution in [3.05, 3.63) is 99.6 Å². The minimum atomic E-state index is -0.755. The third-order valence-electron chi connectivity index (χ3n) is 6.18. The van der Waals surface area contributed by atoms with Crippen molar-refractivity contribution >= 4 is 23.4 Å². The Labute approximate surface area is 225 Å². The molecule has 0 radical (unpaired) electrons. The zero-order valence-corrected chi connectivity index (χ0v) is 23.4. The quantitative estimate of drug-likeness (QED) is 0.365. The van der Waals surface area contributed by atoms with Gasteiger partial charge in [0.1, 0.15) is 11.8 Å². The number of carbonyl (C=O) groups is 2. The Kier molecular flexibility index (Phi) is 9.39. The van der Waals surface area contributed by atoms with E-state index in [4.69, 9.17) is 16.3 Å². The van der Waals surface area contributed by atoms with Crippen LogP contribution in [0, 0.1) is 20.8 Å². The van der Waals surface area contributed by atoms with E-state index in [1.807, 2.05) is 96.1 Å². The number of rotatable bonds is 9. The second-order valence-electron chi connectivity index (χ2n) is 10.6. The second kappa shape index (κ2) is 12.3. The smallest absolute Gasteiger partial charge is 0.261 e. The van der Waals surface area contributed by atoms with Gasteiger partial charge < -0.3 is 15.0 Å². The lowest BCUT2D eigenvalue weighted by Gasteiger charge is -2.34. The predicted octanol–water partition coefficient (Wildman–Crippen LogP) is 6.20. The summed E-state index contributed by atoms with van der Waals surface area (Å²) < 4.78 is 6.03. The Bertz CT molecular complexity index is 1230. The average Bonchev–Trinajstić information content (AvgIpc) is 2.83. The summed E-state index contributed by atoms with van der Waals surface area (Å²) in [5.41, 5.74) is 4.41. The van der Waals surface area contributed by atoms with Crippen LogP contribution in [0.25, 0.3) is 0 Å². The summed E-state index contributed by atoms with van der Waals surface area (Å²) in [6, 6.07) is 20.4. The highest BCUT2D eigenvalue weighted by molar-refractivity contribution is 6.31. The summed E-state index contributed by atoms with van der Waals surface area (Å²) in [7, 11) is 0. The summed E-state index contributed by atoms with van der Waals surface area (Å²) in [6.45, 7) is 11.8. The summed E-state index contributed by atoms with van der Waals surface area (Å²) in [6.07, 6.45) is 0.363. The van der Waals surface area contributed by atoms with Crippen LogP contribution in [0.2, 0.25) is 5.02 Å². The molecule has 0 aromatic heterocycles. The molecule has 0 bridgehead atoms. The Balaban J connectivity index is 1.97. The molecule has 3 aromatic rings. The fourth-order valence-corrected chi connectivity index (χ4v) is 4.39. The minimum absolute atomic E-state index is 0.183. The van der Waals surface area contributed by atoms with E-state index in [1.165, 1.54) is 0 Å². The molecule has 0 fully saturated rings. The summed E-state index contributed by atoms with van der Waals surface area (Å²) in [5.74, 6) is 0.158. The molecule has 1 atom stereocenters. The number of benzene rings is 3. The van der Waals surface area contributed by atoms with E-state index in [-0.39, 0.29) is 25.0 Å². The van der Waals surface area contributed by atoms with Crippen LogP contribution in [-0.4, -0.2) is 34.9 Å². The first kappa shape index (κ1) is 28.3. The van der Waals surface area contributed by atoms with E-state index < -0.39 is 11.6 Å². The largest absolute Gasteiger partial charge is 0.483 e. The Morgan fingerprint density at radius 3 is 2.27 bits per heavy atom. The van der Waals surface area contributed by atoms with Crippen molar-refractivity contribution in [2.75, 3.05) is 6.61 Å². The lowest BCUT2D eigenvalue weighted by molar-refractivity contribution is -0.143. The van der Waals surface area contributed by atoms with Crippen molar-refractivity contribution in [1.82, 2.24) is 10.2 Å². The predicted molar refractivity (Wildman–Crippen MR) is 150 cm³/mol. The van der Waals surface area contributed by atoms with Crippen LogP contribution in [0.1, 0.15) is 48.6 Å². The molecule has 1 N–H and O–H groups in total. The molecule has 196 valence electrons. The van der Waals surface area contributed by atoms with E-state index in [9.17, 15) is 9.59 Å². The van der Waals surface area contributed by atoms with Gasteiger partial charge in [0.15, 0.2) is 6.61 Å². The molecule has 0 spiro atoms. The molecule has 0 heterocycles. The van der Waals surface area contributed by atoms with Crippen LogP contribution in [0.3, 0.4) is 0 Å². The van der Waals surface area contributed by atoms with Gasteiger partial charge in [0.2, 0.25) is 5.91 Å². The molecule has 6 heteroatoms. The normalized spacial score (nSPS) is 12.1. The second-order valence-corrected chi connectivity index (χ2v) is 11.0. The number of carbonyl (C=O) groups excluding carboxylic acids is 2. The number of hydrogen-bond donors (Lipinski definition) is 1. The van der Waals surface area contributed by atoms with Gasteiger partial charge in [-0.25, -0.2) is 0 Å². The van der Waals surface area contributed by atoms with E-state index >= 15 is 0 Å². The average molecular weight is 521 g/mol. The maximum atomic E-state index is 13.8. The minimum Gasteiger partial charge on any atom is -0.483 e. The van der Waals surface area contributed by atoms with Gasteiger partial charge in [-0.2, -0.15) is 0 Å². The Hall–Kier alpha value is -3.31. The number of halogens is 1. The molecule has 5 nitrogen and oxygen atoms in total. The lowest BCUT2D eigenvalue weighted by atomic mass is 10.0. The number of nitrogens with one attached hydrogen (secondary N) is 1. The van der Waals surface area contributed by atoms with Crippen LogP contribution < -0.4 is 10.1 Å².